The lowest BCUT2D eigenvalue weighted by Gasteiger charge is -2.15. The van der Waals surface area contributed by atoms with Crippen molar-refractivity contribution < 1.29 is 9.90 Å². The first-order valence-electron chi connectivity index (χ1n) is 5.75. The second-order valence-electron chi connectivity index (χ2n) is 4.39. The number of carbonyl (C=O) groups excluding carboxylic acids is 1. The minimum Gasteiger partial charge on any atom is -0.396 e. The van der Waals surface area contributed by atoms with Crippen molar-refractivity contribution in [2.24, 2.45) is 5.92 Å². The van der Waals surface area contributed by atoms with Gasteiger partial charge in [0.05, 0.1) is 0 Å². The molecular formula is C13H16ClNO2. The minimum atomic E-state index is -0.0523. The van der Waals surface area contributed by atoms with Gasteiger partial charge in [-0.2, -0.15) is 0 Å². The van der Waals surface area contributed by atoms with Crippen LogP contribution in [0.4, 0.5) is 0 Å². The summed E-state index contributed by atoms with van der Waals surface area (Å²) in [7, 11) is 0. The fourth-order valence-electron chi connectivity index (χ4n) is 2.42. The standard InChI is InChI=1S/C13H16ClNO2/c14-6-13(17)15-7-11(9-16)12(8-15)10-4-2-1-3-5-10/h1-5,11-12,16H,6-9H2/t11-,12+/m0/s1. The third-order valence-electron chi connectivity index (χ3n) is 3.37. The molecule has 17 heavy (non-hydrogen) atoms. The summed E-state index contributed by atoms with van der Waals surface area (Å²) in [5.41, 5.74) is 1.18. The molecule has 2 atom stereocenters. The average Bonchev–Trinajstić information content (AvgIpc) is 2.83. The van der Waals surface area contributed by atoms with E-state index < -0.39 is 0 Å². The Balaban J connectivity index is 2.15. The lowest BCUT2D eigenvalue weighted by Crippen LogP contribution is -2.30. The van der Waals surface area contributed by atoms with Gasteiger partial charge in [-0.15, -0.1) is 11.6 Å². The topological polar surface area (TPSA) is 40.5 Å². The van der Waals surface area contributed by atoms with E-state index in [1.54, 1.807) is 4.90 Å². The summed E-state index contributed by atoms with van der Waals surface area (Å²) < 4.78 is 0. The highest BCUT2D eigenvalue weighted by Gasteiger charge is 2.35. The van der Waals surface area contributed by atoms with Crippen LogP contribution in [0.3, 0.4) is 0 Å². The molecule has 0 spiro atoms. The normalized spacial score (nSPS) is 24.0. The molecule has 1 aromatic carbocycles. The summed E-state index contributed by atoms with van der Waals surface area (Å²) in [5, 5.41) is 9.40. The van der Waals surface area contributed by atoms with Gasteiger partial charge in [0.25, 0.3) is 0 Å². The molecule has 0 unspecified atom stereocenters. The monoisotopic (exact) mass is 253 g/mol. The predicted octanol–water partition coefficient (Wildman–Crippen LogP) is 1.46. The zero-order valence-electron chi connectivity index (χ0n) is 9.55. The molecule has 1 amide bonds. The molecule has 4 heteroatoms. The number of likely N-dealkylation sites (tertiary alicyclic amines) is 1. The molecule has 1 aliphatic heterocycles. The number of benzene rings is 1. The molecule has 1 N–H and O–H groups in total. The Morgan fingerprint density at radius 2 is 2.06 bits per heavy atom. The van der Waals surface area contributed by atoms with Gasteiger partial charge in [0.2, 0.25) is 5.91 Å². The van der Waals surface area contributed by atoms with E-state index in [-0.39, 0.29) is 30.2 Å². The number of halogens is 1. The van der Waals surface area contributed by atoms with Crippen molar-refractivity contribution in [3.8, 4) is 0 Å². The number of aliphatic hydroxyl groups excluding tert-OH is 1. The highest BCUT2D eigenvalue weighted by Crippen LogP contribution is 2.32. The highest BCUT2D eigenvalue weighted by atomic mass is 35.5. The molecular weight excluding hydrogens is 238 g/mol. The quantitative estimate of drug-likeness (QED) is 0.829. The molecule has 92 valence electrons. The van der Waals surface area contributed by atoms with Crippen LogP contribution < -0.4 is 0 Å². The number of amides is 1. The maximum atomic E-state index is 11.6. The van der Waals surface area contributed by atoms with Crippen LogP contribution in [-0.2, 0) is 4.79 Å². The van der Waals surface area contributed by atoms with E-state index in [1.807, 2.05) is 30.3 Å². The van der Waals surface area contributed by atoms with Crippen LogP contribution in [-0.4, -0.2) is 41.5 Å². The second-order valence-corrected chi connectivity index (χ2v) is 4.66. The summed E-state index contributed by atoms with van der Waals surface area (Å²) in [4.78, 5) is 13.3. The molecule has 1 heterocycles. The maximum Gasteiger partial charge on any atom is 0.237 e. The highest BCUT2D eigenvalue weighted by molar-refractivity contribution is 6.27. The fourth-order valence-corrected chi connectivity index (χ4v) is 2.59. The first-order valence-corrected chi connectivity index (χ1v) is 6.29. The predicted molar refractivity (Wildman–Crippen MR) is 67.1 cm³/mol. The number of alkyl halides is 1. The number of hydrogen-bond donors (Lipinski definition) is 1. The molecule has 2 rings (SSSR count). The molecule has 1 aliphatic rings. The summed E-state index contributed by atoms with van der Waals surface area (Å²) >= 11 is 5.56. The van der Waals surface area contributed by atoms with Gasteiger partial charge in [-0.1, -0.05) is 30.3 Å². The van der Waals surface area contributed by atoms with Gasteiger partial charge in [0.1, 0.15) is 5.88 Å². The lowest BCUT2D eigenvalue weighted by molar-refractivity contribution is -0.127. The van der Waals surface area contributed by atoms with Crippen molar-refractivity contribution in [2.45, 2.75) is 5.92 Å². The zero-order valence-corrected chi connectivity index (χ0v) is 10.3. The largest absolute Gasteiger partial charge is 0.396 e. The summed E-state index contributed by atoms with van der Waals surface area (Å²) in [5.74, 6) is 0.293. The molecule has 3 nitrogen and oxygen atoms in total. The number of rotatable bonds is 3. The molecule has 0 saturated carbocycles. The second kappa shape index (κ2) is 5.52. The average molecular weight is 254 g/mol. The number of nitrogens with zero attached hydrogens (tertiary/aromatic N) is 1. The van der Waals surface area contributed by atoms with Crippen molar-refractivity contribution in [1.82, 2.24) is 4.90 Å². The smallest absolute Gasteiger partial charge is 0.237 e. The Kier molecular flexibility index (Phi) is 4.02. The van der Waals surface area contributed by atoms with Gasteiger partial charge in [-0.05, 0) is 5.56 Å². The molecule has 1 aromatic rings. The lowest BCUT2D eigenvalue weighted by atomic mass is 9.90. The van der Waals surface area contributed by atoms with Crippen LogP contribution in [0, 0.1) is 5.92 Å². The van der Waals surface area contributed by atoms with Crippen molar-refractivity contribution in [1.29, 1.82) is 0 Å². The van der Waals surface area contributed by atoms with E-state index in [0.717, 1.165) is 0 Å². The van der Waals surface area contributed by atoms with E-state index in [4.69, 9.17) is 11.6 Å². The van der Waals surface area contributed by atoms with Gasteiger partial charge in [0, 0.05) is 31.5 Å². The SMILES string of the molecule is O=C(CCl)N1C[C@@H](CO)[C@@H](c2ccccc2)C1. The van der Waals surface area contributed by atoms with Crippen LogP contribution in [0.1, 0.15) is 11.5 Å². The van der Waals surface area contributed by atoms with E-state index in [0.29, 0.717) is 13.1 Å². The van der Waals surface area contributed by atoms with Crippen LogP contribution in [0.5, 0.6) is 0 Å². The minimum absolute atomic E-state index is 0.0135. The zero-order chi connectivity index (χ0) is 12.3. The Hall–Kier alpha value is -1.06. The Morgan fingerprint density at radius 3 is 2.65 bits per heavy atom. The fraction of sp³-hybridized carbons (Fsp3) is 0.462. The first kappa shape index (κ1) is 12.4. The molecule has 0 aliphatic carbocycles. The summed E-state index contributed by atoms with van der Waals surface area (Å²) in [6, 6.07) is 10.0. The number of carbonyl (C=O) groups is 1. The van der Waals surface area contributed by atoms with E-state index in [9.17, 15) is 9.90 Å². The van der Waals surface area contributed by atoms with Gasteiger partial charge in [-0.3, -0.25) is 4.79 Å². The van der Waals surface area contributed by atoms with Crippen molar-refractivity contribution in [3.05, 3.63) is 35.9 Å². The van der Waals surface area contributed by atoms with Crippen molar-refractivity contribution in [3.63, 3.8) is 0 Å². The summed E-state index contributed by atoms with van der Waals surface area (Å²) in [6.07, 6.45) is 0. The molecule has 0 radical (unpaired) electrons. The van der Waals surface area contributed by atoms with Crippen LogP contribution in [0.25, 0.3) is 0 Å². The van der Waals surface area contributed by atoms with Crippen LogP contribution in [0.15, 0.2) is 30.3 Å². The van der Waals surface area contributed by atoms with Gasteiger partial charge < -0.3 is 10.0 Å². The maximum absolute atomic E-state index is 11.6. The first-order chi connectivity index (χ1) is 8.26. The third kappa shape index (κ3) is 2.61. The van der Waals surface area contributed by atoms with Gasteiger partial charge in [0.15, 0.2) is 0 Å². The van der Waals surface area contributed by atoms with E-state index >= 15 is 0 Å². The van der Waals surface area contributed by atoms with Crippen molar-refractivity contribution >= 4 is 17.5 Å². The third-order valence-corrected chi connectivity index (χ3v) is 3.60. The molecule has 0 bridgehead atoms. The summed E-state index contributed by atoms with van der Waals surface area (Å²) in [6.45, 7) is 1.36. The van der Waals surface area contributed by atoms with E-state index in [2.05, 4.69) is 0 Å². The molecule has 1 fully saturated rings. The van der Waals surface area contributed by atoms with Gasteiger partial charge >= 0.3 is 0 Å². The molecule has 0 aromatic heterocycles. The Labute approximate surface area is 106 Å². The Bertz CT molecular complexity index is 382. The number of hydrogen-bond acceptors (Lipinski definition) is 2. The molecule has 1 saturated heterocycles. The Morgan fingerprint density at radius 1 is 1.35 bits per heavy atom. The van der Waals surface area contributed by atoms with Crippen LogP contribution >= 0.6 is 11.6 Å². The van der Waals surface area contributed by atoms with E-state index in [1.165, 1.54) is 5.56 Å². The van der Waals surface area contributed by atoms with Crippen LogP contribution in [0.2, 0.25) is 0 Å². The van der Waals surface area contributed by atoms with Crippen molar-refractivity contribution in [2.75, 3.05) is 25.6 Å². The van der Waals surface area contributed by atoms with Gasteiger partial charge in [-0.25, -0.2) is 0 Å². The number of aliphatic hydroxyl groups is 1.